The van der Waals surface area contributed by atoms with Gasteiger partial charge in [0.05, 0.1) is 17.4 Å². The molecule has 0 aliphatic rings. The molecule has 27 heavy (non-hydrogen) atoms. The maximum Gasteiger partial charge on any atom is 0.257 e. The second-order valence-corrected chi connectivity index (χ2v) is 6.62. The summed E-state index contributed by atoms with van der Waals surface area (Å²) in [6, 6.07) is 18.1. The number of pyridine rings is 1. The fourth-order valence-corrected chi connectivity index (χ4v) is 2.53. The zero-order chi connectivity index (χ0) is 19.2. The van der Waals surface area contributed by atoms with Crippen LogP contribution in [0.25, 0.3) is 0 Å². The second kappa shape index (κ2) is 8.56. The van der Waals surface area contributed by atoms with E-state index >= 15 is 0 Å². The third kappa shape index (κ3) is 5.21. The van der Waals surface area contributed by atoms with Gasteiger partial charge in [-0.25, -0.2) is 4.98 Å². The van der Waals surface area contributed by atoms with Gasteiger partial charge in [0.25, 0.3) is 5.91 Å². The number of hydrogen-bond donors (Lipinski definition) is 2. The van der Waals surface area contributed by atoms with Gasteiger partial charge in [-0.15, -0.1) is 0 Å². The quantitative estimate of drug-likeness (QED) is 0.590. The smallest absolute Gasteiger partial charge is 0.257 e. The van der Waals surface area contributed by atoms with Crippen molar-refractivity contribution < 1.29 is 9.53 Å². The number of benzene rings is 2. The first-order chi connectivity index (χ1) is 13.0. The minimum Gasteiger partial charge on any atom is -0.489 e. The summed E-state index contributed by atoms with van der Waals surface area (Å²) in [7, 11) is 0. The average molecular weight is 382 g/mol. The molecule has 0 fully saturated rings. The fraction of sp³-hybridized carbons (Fsp3) is 0.143. The van der Waals surface area contributed by atoms with Gasteiger partial charge in [-0.05, 0) is 62.4 Å². The first-order valence-corrected chi connectivity index (χ1v) is 8.95. The number of para-hydroxylation sites is 2. The normalized spacial score (nSPS) is 10.5. The van der Waals surface area contributed by atoms with Gasteiger partial charge in [-0.3, -0.25) is 4.79 Å². The molecule has 1 heterocycles. The topological polar surface area (TPSA) is 63.2 Å². The predicted molar refractivity (Wildman–Crippen MR) is 109 cm³/mol. The Bertz CT molecular complexity index is 909. The van der Waals surface area contributed by atoms with Gasteiger partial charge < -0.3 is 15.4 Å². The van der Waals surface area contributed by atoms with E-state index in [4.69, 9.17) is 16.3 Å². The van der Waals surface area contributed by atoms with Crippen LogP contribution < -0.4 is 15.4 Å². The molecular formula is C21H20ClN3O2. The maximum absolute atomic E-state index is 12.5. The molecule has 0 unspecified atom stereocenters. The Kier molecular flexibility index (Phi) is 5.94. The molecule has 3 rings (SSSR count). The van der Waals surface area contributed by atoms with E-state index in [0.717, 1.165) is 5.69 Å². The lowest BCUT2D eigenvalue weighted by Gasteiger charge is -2.14. The molecule has 0 saturated heterocycles. The number of amides is 1. The first-order valence-electron chi connectivity index (χ1n) is 8.57. The zero-order valence-corrected chi connectivity index (χ0v) is 15.8. The summed E-state index contributed by atoms with van der Waals surface area (Å²) in [5, 5.41) is 6.69. The molecule has 5 nitrogen and oxygen atoms in total. The Morgan fingerprint density at radius 2 is 1.78 bits per heavy atom. The third-order valence-electron chi connectivity index (χ3n) is 3.64. The molecule has 0 aliphatic carbocycles. The molecule has 0 radical (unpaired) electrons. The highest BCUT2D eigenvalue weighted by Gasteiger charge is 2.11. The minimum atomic E-state index is -0.250. The number of carbonyl (C=O) groups excluding carboxylic acids is 1. The number of rotatable bonds is 6. The van der Waals surface area contributed by atoms with E-state index in [1.165, 1.54) is 6.20 Å². The van der Waals surface area contributed by atoms with Crippen molar-refractivity contribution in [2.24, 2.45) is 0 Å². The molecule has 1 amide bonds. The van der Waals surface area contributed by atoms with Crippen molar-refractivity contribution in [3.05, 3.63) is 77.4 Å². The molecule has 0 atom stereocenters. The van der Waals surface area contributed by atoms with Gasteiger partial charge in [0.1, 0.15) is 11.6 Å². The summed E-state index contributed by atoms with van der Waals surface area (Å²) in [5.41, 5.74) is 1.94. The zero-order valence-electron chi connectivity index (χ0n) is 15.1. The van der Waals surface area contributed by atoms with Crippen LogP contribution in [0.15, 0.2) is 66.9 Å². The van der Waals surface area contributed by atoms with Crippen molar-refractivity contribution in [1.82, 2.24) is 4.98 Å². The summed E-state index contributed by atoms with van der Waals surface area (Å²) < 4.78 is 5.73. The standard InChI is InChI=1S/C21H20ClN3O2/c1-14(2)27-19-6-4-3-5-18(19)25-21(26)15-7-12-20(23-13-15)24-17-10-8-16(22)9-11-17/h3-14H,1-2H3,(H,23,24)(H,25,26). The fourth-order valence-electron chi connectivity index (χ4n) is 2.40. The minimum absolute atomic E-state index is 0.0166. The molecular weight excluding hydrogens is 362 g/mol. The van der Waals surface area contributed by atoms with Gasteiger partial charge >= 0.3 is 0 Å². The Hall–Kier alpha value is -3.05. The SMILES string of the molecule is CC(C)Oc1ccccc1NC(=O)c1ccc(Nc2ccc(Cl)cc2)nc1. The Balaban J connectivity index is 1.68. The van der Waals surface area contributed by atoms with Crippen molar-refractivity contribution >= 4 is 34.7 Å². The van der Waals surface area contributed by atoms with Gasteiger partial charge in [-0.1, -0.05) is 23.7 Å². The van der Waals surface area contributed by atoms with Crippen LogP contribution in [-0.4, -0.2) is 17.0 Å². The van der Waals surface area contributed by atoms with Crippen molar-refractivity contribution in [2.75, 3.05) is 10.6 Å². The highest BCUT2D eigenvalue weighted by Crippen LogP contribution is 2.25. The van der Waals surface area contributed by atoms with Crippen molar-refractivity contribution in [3.63, 3.8) is 0 Å². The summed E-state index contributed by atoms with van der Waals surface area (Å²) in [5.74, 6) is 1.02. The highest BCUT2D eigenvalue weighted by atomic mass is 35.5. The predicted octanol–water partition coefficient (Wildman–Crippen LogP) is 5.52. The summed E-state index contributed by atoms with van der Waals surface area (Å²) in [6.07, 6.45) is 1.54. The van der Waals surface area contributed by atoms with Gasteiger partial charge in [0.2, 0.25) is 0 Å². The van der Waals surface area contributed by atoms with E-state index in [2.05, 4.69) is 15.6 Å². The second-order valence-electron chi connectivity index (χ2n) is 6.18. The van der Waals surface area contributed by atoms with Crippen LogP contribution in [0, 0.1) is 0 Å². The molecule has 138 valence electrons. The van der Waals surface area contributed by atoms with Gasteiger partial charge in [-0.2, -0.15) is 0 Å². The van der Waals surface area contributed by atoms with Crippen molar-refractivity contribution in [3.8, 4) is 5.75 Å². The third-order valence-corrected chi connectivity index (χ3v) is 3.89. The van der Waals surface area contributed by atoms with E-state index in [1.54, 1.807) is 30.3 Å². The Labute approximate surface area is 163 Å². The van der Waals surface area contributed by atoms with Crippen LogP contribution in [0.4, 0.5) is 17.2 Å². The van der Waals surface area contributed by atoms with E-state index in [-0.39, 0.29) is 12.0 Å². The monoisotopic (exact) mass is 381 g/mol. The lowest BCUT2D eigenvalue weighted by Crippen LogP contribution is -2.14. The van der Waals surface area contributed by atoms with E-state index in [1.807, 2.05) is 44.2 Å². The summed E-state index contributed by atoms with van der Waals surface area (Å²) >= 11 is 5.88. The molecule has 0 saturated carbocycles. The molecule has 1 aromatic heterocycles. The molecule has 2 aromatic carbocycles. The molecule has 0 bridgehead atoms. The van der Waals surface area contributed by atoms with Crippen LogP contribution in [0.2, 0.25) is 5.02 Å². The Morgan fingerprint density at radius 3 is 2.44 bits per heavy atom. The van der Waals surface area contributed by atoms with E-state index < -0.39 is 0 Å². The molecule has 6 heteroatoms. The molecule has 0 aliphatic heterocycles. The van der Waals surface area contributed by atoms with Crippen molar-refractivity contribution in [2.45, 2.75) is 20.0 Å². The molecule has 3 aromatic rings. The van der Waals surface area contributed by atoms with Crippen LogP contribution in [0.3, 0.4) is 0 Å². The number of halogens is 1. The largest absolute Gasteiger partial charge is 0.489 e. The summed E-state index contributed by atoms with van der Waals surface area (Å²) in [6.45, 7) is 3.88. The number of carbonyl (C=O) groups is 1. The average Bonchev–Trinajstić information content (AvgIpc) is 2.65. The number of nitrogens with one attached hydrogen (secondary N) is 2. The van der Waals surface area contributed by atoms with Gasteiger partial charge in [0, 0.05) is 16.9 Å². The number of hydrogen-bond acceptors (Lipinski definition) is 4. The van der Waals surface area contributed by atoms with Crippen molar-refractivity contribution in [1.29, 1.82) is 0 Å². The van der Waals surface area contributed by atoms with Crippen LogP contribution >= 0.6 is 11.6 Å². The Morgan fingerprint density at radius 1 is 1.04 bits per heavy atom. The van der Waals surface area contributed by atoms with E-state index in [0.29, 0.717) is 27.8 Å². The number of nitrogens with zero attached hydrogens (tertiary/aromatic N) is 1. The number of aromatic nitrogens is 1. The maximum atomic E-state index is 12.5. The lowest BCUT2D eigenvalue weighted by atomic mass is 10.2. The van der Waals surface area contributed by atoms with E-state index in [9.17, 15) is 4.79 Å². The van der Waals surface area contributed by atoms with Crippen LogP contribution in [-0.2, 0) is 0 Å². The summed E-state index contributed by atoms with van der Waals surface area (Å²) in [4.78, 5) is 16.8. The first kappa shape index (κ1) is 18.7. The van der Waals surface area contributed by atoms with Gasteiger partial charge in [0.15, 0.2) is 0 Å². The highest BCUT2D eigenvalue weighted by molar-refractivity contribution is 6.30. The lowest BCUT2D eigenvalue weighted by molar-refractivity contribution is 0.102. The molecule has 0 spiro atoms. The molecule has 2 N–H and O–H groups in total. The number of anilines is 3. The van der Waals surface area contributed by atoms with Crippen LogP contribution in [0.1, 0.15) is 24.2 Å². The van der Waals surface area contributed by atoms with Crippen LogP contribution in [0.5, 0.6) is 5.75 Å². The number of ether oxygens (including phenoxy) is 1.